The normalized spacial score (nSPS) is 11.9. The van der Waals surface area contributed by atoms with Gasteiger partial charge in [-0.1, -0.05) is 19.0 Å². The van der Waals surface area contributed by atoms with E-state index in [4.69, 9.17) is 10.9 Å². The minimum Gasteiger partial charge on any atom is -0.409 e. The van der Waals surface area contributed by atoms with Gasteiger partial charge in [0.15, 0.2) is 5.84 Å². The Bertz CT molecular complexity index is 428. The average Bonchev–Trinajstić information content (AvgIpc) is 2.38. The third-order valence-corrected chi connectivity index (χ3v) is 3.02. The van der Waals surface area contributed by atoms with E-state index in [2.05, 4.69) is 29.0 Å². The lowest BCUT2D eigenvalue weighted by atomic mass is 10.1. The van der Waals surface area contributed by atoms with E-state index in [1.807, 2.05) is 18.9 Å². The Balaban J connectivity index is 3.13. The molecule has 0 spiro atoms. The van der Waals surface area contributed by atoms with Crippen molar-refractivity contribution in [3.63, 3.8) is 0 Å². The van der Waals surface area contributed by atoms with Crippen molar-refractivity contribution in [1.82, 2.24) is 9.97 Å². The van der Waals surface area contributed by atoms with E-state index in [1.54, 1.807) is 6.07 Å². The van der Waals surface area contributed by atoms with Gasteiger partial charge < -0.3 is 15.8 Å². The molecule has 0 saturated carbocycles. The average molecular weight is 251 g/mol. The summed E-state index contributed by atoms with van der Waals surface area (Å²) in [5.41, 5.74) is 6.80. The van der Waals surface area contributed by atoms with Crippen LogP contribution >= 0.6 is 0 Å². The first-order chi connectivity index (χ1) is 8.53. The van der Waals surface area contributed by atoms with E-state index < -0.39 is 0 Å². The maximum absolute atomic E-state index is 8.70. The van der Waals surface area contributed by atoms with Crippen LogP contribution in [-0.4, -0.2) is 34.1 Å². The smallest absolute Gasteiger partial charge is 0.226 e. The topological polar surface area (TPSA) is 87.6 Å². The van der Waals surface area contributed by atoms with Crippen LogP contribution in [0.1, 0.15) is 38.1 Å². The monoisotopic (exact) mass is 251 g/mol. The van der Waals surface area contributed by atoms with E-state index in [0.29, 0.717) is 17.7 Å². The van der Waals surface area contributed by atoms with Crippen LogP contribution in [0.3, 0.4) is 0 Å². The number of rotatable bonds is 5. The Morgan fingerprint density at radius 2 is 2.06 bits per heavy atom. The summed E-state index contributed by atoms with van der Waals surface area (Å²) < 4.78 is 0. The Labute approximate surface area is 108 Å². The molecule has 1 aromatic heterocycles. The molecular formula is C12H21N5O. The lowest BCUT2D eigenvalue weighted by Crippen LogP contribution is -2.32. The number of anilines is 1. The summed E-state index contributed by atoms with van der Waals surface area (Å²) >= 11 is 0. The maximum Gasteiger partial charge on any atom is 0.226 e. The van der Waals surface area contributed by atoms with Crippen molar-refractivity contribution in [2.45, 2.75) is 39.7 Å². The Hall–Kier alpha value is -1.85. The van der Waals surface area contributed by atoms with Crippen molar-refractivity contribution in [3.8, 4) is 0 Å². The number of aryl methyl sites for hydroxylation is 1. The second-order valence-corrected chi connectivity index (χ2v) is 4.26. The molecule has 0 amide bonds. The number of nitrogens with zero attached hydrogens (tertiary/aromatic N) is 4. The fourth-order valence-electron chi connectivity index (χ4n) is 1.89. The van der Waals surface area contributed by atoms with E-state index >= 15 is 0 Å². The van der Waals surface area contributed by atoms with Gasteiger partial charge in [0.1, 0.15) is 5.69 Å². The molecule has 1 rings (SSSR count). The maximum atomic E-state index is 8.70. The highest BCUT2D eigenvalue weighted by molar-refractivity contribution is 5.95. The molecular weight excluding hydrogens is 230 g/mol. The zero-order valence-electron chi connectivity index (χ0n) is 11.4. The predicted molar refractivity (Wildman–Crippen MR) is 72.1 cm³/mol. The zero-order chi connectivity index (χ0) is 13.7. The summed E-state index contributed by atoms with van der Waals surface area (Å²) in [4.78, 5) is 10.7. The van der Waals surface area contributed by atoms with Crippen LogP contribution in [0.2, 0.25) is 0 Å². The van der Waals surface area contributed by atoms with Crippen molar-refractivity contribution in [2.24, 2.45) is 10.9 Å². The Kier molecular flexibility index (Phi) is 4.88. The van der Waals surface area contributed by atoms with Crippen LogP contribution in [0.25, 0.3) is 0 Å². The summed E-state index contributed by atoms with van der Waals surface area (Å²) in [5.74, 6) is 0.602. The van der Waals surface area contributed by atoms with Gasteiger partial charge in [0, 0.05) is 18.8 Å². The fraction of sp³-hybridized carbons (Fsp3) is 0.583. The number of oxime groups is 1. The van der Waals surface area contributed by atoms with Crippen LogP contribution in [-0.2, 0) is 0 Å². The molecule has 0 atom stereocenters. The van der Waals surface area contributed by atoms with Crippen molar-refractivity contribution in [1.29, 1.82) is 0 Å². The SMILES string of the molecule is CCC(CC)N(C)c1nc(C)cc(/C(N)=N/O)n1. The highest BCUT2D eigenvalue weighted by Gasteiger charge is 2.15. The van der Waals surface area contributed by atoms with Crippen LogP contribution in [0.4, 0.5) is 5.95 Å². The van der Waals surface area contributed by atoms with E-state index in [-0.39, 0.29) is 5.84 Å². The Morgan fingerprint density at radius 1 is 1.44 bits per heavy atom. The van der Waals surface area contributed by atoms with Crippen LogP contribution in [0, 0.1) is 6.92 Å². The molecule has 0 aliphatic heterocycles. The quantitative estimate of drug-likeness (QED) is 0.358. The number of nitrogens with two attached hydrogens (primary N) is 1. The van der Waals surface area contributed by atoms with Crippen LogP contribution in [0.15, 0.2) is 11.2 Å². The molecule has 100 valence electrons. The van der Waals surface area contributed by atoms with E-state index in [0.717, 1.165) is 18.5 Å². The molecule has 18 heavy (non-hydrogen) atoms. The number of hydrogen-bond donors (Lipinski definition) is 2. The van der Waals surface area contributed by atoms with Crippen molar-refractivity contribution < 1.29 is 5.21 Å². The van der Waals surface area contributed by atoms with Gasteiger partial charge in [-0.15, -0.1) is 0 Å². The minimum atomic E-state index is -0.000281. The molecule has 1 aromatic rings. The largest absolute Gasteiger partial charge is 0.409 e. The third-order valence-electron chi connectivity index (χ3n) is 3.02. The molecule has 3 N–H and O–H groups in total. The molecule has 6 heteroatoms. The summed E-state index contributed by atoms with van der Waals surface area (Å²) in [5, 5.41) is 11.7. The molecule has 0 radical (unpaired) electrons. The molecule has 1 heterocycles. The van der Waals surface area contributed by atoms with Gasteiger partial charge in [0.25, 0.3) is 0 Å². The summed E-state index contributed by atoms with van der Waals surface area (Å²) in [6, 6.07) is 2.08. The van der Waals surface area contributed by atoms with Crippen molar-refractivity contribution in [2.75, 3.05) is 11.9 Å². The summed E-state index contributed by atoms with van der Waals surface area (Å²) in [6.45, 7) is 6.12. The van der Waals surface area contributed by atoms with Gasteiger partial charge in [-0.2, -0.15) is 0 Å². The highest BCUT2D eigenvalue weighted by atomic mass is 16.4. The van der Waals surface area contributed by atoms with Gasteiger partial charge in [-0.05, 0) is 25.8 Å². The Morgan fingerprint density at radius 3 is 2.56 bits per heavy atom. The van der Waals surface area contributed by atoms with E-state index in [9.17, 15) is 0 Å². The second-order valence-electron chi connectivity index (χ2n) is 4.26. The van der Waals surface area contributed by atoms with Gasteiger partial charge in [0.2, 0.25) is 5.95 Å². The van der Waals surface area contributed by atoms with Crippen molar-refractivity contribution >= 4 is 11.8 Å². The molecule has 0 saturated heterocycles. The lowest BCUT2D eigenvalue weighted by molar-refractivity contribution is 0.318. The number of aromatic nitrogens is 2. The lowest BCUT2D eigenvalue weighted by Gasteiger charge is -2.26. The van der Waals surface area contributed by atoms with E-state index in [1.165, 1.54) is 0 Å². The third kappa shape index (κ3) is 3.09. The first-order valence-electron chi connectivity index (χ1n) is 6.09. The van der Waals surface area contributed by atoms with Gasteiger partial charge in [0.05, 0.1) is 0 Å². The fourth-order valence-corrected chi connectivity index (χ4v) is 1.89. The molecule has 0 bridgehead atoms. The molecule has 0 aliphatic rings. The minimum absolute atomic E-state index is 0.000281. The predicted octanol–water partition coefficient (Wildman–Crippen LogP) is 1.50. The molecule has 0 unspecified atom stereocenters. The standard InChI is InChI=1S/C12H21N5O/c1-5-9(6-2)17(4)12-14-8(3)7-10(15-12)11(13)16-18/h7,9,18H,5-6H2,1-4H3,(H2,13,16). The second kappa shape index (κ2) is 6.18. The highest BCUT2D eigenvalue weighted by Crippen LogP contribution is 2.15. The first kappa shape index (κ1) is 14.2. The number of hydrogen-bond acceptors (Lipinski definition) is 5. The summed E-state index contributed by atoms with van der Waals surface area (Å²) in [6.07, 6.45) is 2.03. The first-order valence-corrected chi connectivity index (χ1v) is 6.09. The van der Waals surface area contributed by atoms with Gasteiger partial charge in [-0.3, -0.25) is 0 Å². The molecule has 0 aromatic carbocycles. The zero-order valence-corrected chi connectivity index (χ0v) is 11.4. The van der Waals surface area contributed by atoms with Gasteiger partial charge >= 0.3 is 0 Å². The van der Waals surface area contributed by atoms with Crippen molar-refractivity contribution in [3.05, 3.63) is 17.5 Å². The van der Waals surface area contributed by atoms with Gasteiger partial charge in [-0.25, -0.2) is 9.97 Å². The molecule has 0 aliphatic carbocycles. The molecule has 0 fully saturated rings. The summed E-state index contributed by atoms with van der Waals surface area (Å²) in [7, 11) is 1.96. The van der Waals surface area contributed by atoms with Crippen LogP contribution in [0.5, 0.6) is 0 Å². The molecule has 6 nitrogen and oxygen atoms in total. The number of amidine groups is 1. The van der Waals surface area contributed by atoms with Crippen LogP contribution < -0.4 is 10.6 Å².